The first kappa shape index (κ1) is 15.1. The number of aliphatic imine (C=N–C) groups is 1. The summed E-state index contributed by atoms with van der Waals surface area (Å²) in [4.78, 5) is 19.0. The maximum Gasteiger partial charge on any atom is 0.286 e. The van der Waals surface area contributed by atoms with Crippen molar-refractivity contribution in [2.45, 2.75) is 26.1 Å². The predicted molar refractivity (Wildman–Crippen MR) is 87.7 cm³/mol. The van der Waals surface area contributed by atoms with Crippen molar-refractivity contribution in [2.24, 2.45) is 4.99 Å². The molecule has 1 aromatic rings. The van der Waals surface area contributed by atoms with Crippen LogP contribution in [0.15, 0.2) is 34.2 Å². The van der Waals surface area contributed by atoms with Gasteiger partial charge in [-0.25, -0.2) is 0 Å². The zero-order chi connectivity index (χ0) is 15.7. The molecule has 22 heavy (non-hydrogen) atoms. The molecule has 2 atom stereocenters. The number of carbonyl (C=O) groups excluding carboxylic acids is 1. The number of carbonyl (C=O) groups is 1. The fraction of sp³-hybridized carbons (Fsp3) is 0.375. The summed E-state index contributed by atoms with van der Waals surface area (Å²) in [5.41, 5.74) is 0.869. The van der Waals surface area contributed by atoms with Gasteiger partial charge in [0.05, 0.1) is 17.1 Å². The number of amidine groups is 1. The van der Waals surface area contributed by atoms with Crippen molar-refractivity contribution >= 4 is 28.9 Å². The molecule has 5 nitrogen and oxygen atoms in total. The Morgan fingerprint density at radius 1 is 1.27 bits per heavy atom. The normalized spacial score (nSPS) is 27.4. The zero-order valence-electron chi connectivity index (χ0n) is 12.5. The van der Waals surface area contributed by atoms with Crippen molar-refractivity contribution in [3.8, 4) is 5.75 Å². The number of morpholine rings is 1. The minimum absolute atomic E-state index is 0.132. The Kier molecular flexibility index (Phi) is 4.22. The summed E-state index contributed by atoms with van der Waals surface area (Å²) in [5.74, 6) is 0.000607. The first-order valence-electron chi connectivity index (χ1n) is 7.23. The lowest BCUT2D eigenvalue weighted by Crippen LogP contribution is -2.47. The van der Waals surface area contributed by atoms with Gasteiger partial charge in [-0.2, -0.15) is 4.99 Å². The van der Waals surface area contributed by atoms with E-state index in [-0.39, 0.29) is 23.9 Å². The highest BCUT2D eigenvalue weighted by Crippen LogP contribution is 2.31. The fourth-order valence-electron chi connectivity index (χ4n) is 2.59. The van der Waals surface area contributed by atoms with Crippen molar-refractivity contribution < 1.29 is 14.6 Å². The highest BCUT2D eigenvalue weighted by Gasteiger charge is 2.30. The first-order chi connectivity index (χ1) is 10.5. The quantitative estimate of drug-likeness (QED) is 0.806. The van der Waals surface area contributed by atoms with Crippen molar-refractivity contribution in [3.63, 3.8) is 0 Å². The van der Waals surface area contributed by atoms with E-state index in [9.17, 15) is 9.90 Å². The SMILES string of the molecule is C[C@@H]1CN(C2=NC(=O)/C(=C\c3ccc(O)cc3)S2)C[C@@H](C)O1. The number of aromatic hydroxyl groups is 1. The van der Waals surface area contributed by atoms with Gasteiger partial charge in [-0.05, 0) is 49.4 Å². The average Bonchev–Trinajstić information content (AvgIpc) is 2.82. The molecule has 0 unspecified atom stereocenters. The first-order valence-corrected chi connectivity index (χ1v) is 8.05. The molecule has 3 rings (SSSR count). The molecule has 2 aliphatic heterocycles. The van der Waals surface area contributed by atoms with Gasteiger partial charge in [-0.1, -0.05) is 12.1 Å². The van der Waals surface area contributed by atoms with Gasteiger partial charge < -0.3 is 14.7 Å². The lowest BCUT2D eigenvalue weighted by molar-refractivity contribution is -0.113. The predicted octanol–water partition coefficient (Wildman–Crippen LogP) is 2.47. The van der Waals surface area contributed by atoms with Crippen molar-refractivity contribution in [3.05, 3.63) is 34.7 Å². The number of hydrogen-bond acceptors (Lipinski definition) is 5. The molecule has 0 bridgehead atoms. The third kappa shape index (κ3) is 3.34. The van der Waals surface area contributed by atoms with Crippen molar-refractivity contribution in [2.75, 3.05) is 13.1 Å². The minimum Gasteiger partial charge on any atom is -0.508 e. The maximum absolute atomic E-state index is 12.1. The molecule has 1 fully saturated rings. The molecule has 6 heteroatoms. The molecule has 0 radical (unpaired) electrons. The van der Waals surface area contributed by atoms with E-state index in [1.165, 1.54) is 11.8 Å². The number of benzene rings is 1. The topological polar surface area (TPSA) is 62.1 Å². The summed E-state index contributed by atoms with van der Waals surface area (Å²) in [6.07, 6.45) is 2.07. The number of thioether (sulfide) groups is 1. The Balaban J connectivity index is 1.74. The van der Waals surface area contributed by atoms with Gasteiger partial charge in [-0.15, -0.1) is 0 Å². The number of hydrogen-bond donors (Lipinski definition) is 1. The Labute approximate surface area is 133 Å². The monoisotopic (exact) mass is 318 g/mol. The van der Waals surface area contributed by atoms with Gasteiger partial charge in [0.2, 0.25) is 0 Å². The van der Waals surface area contributed by atoms with Crippen LogP contribution in [0.3, 0.4) is 0 Å². The molecule has 2 aliphatic rings. The summed E-state index contributed by atoms with van der Waals surface area (Å²) in [5, 5.41) is 10.0. The van der Waals surface area contributed by atoms with E-state index in [0.29, 0.717) is 4.91 Å². The van der Waals surface area contributed by atoms with Crippen LogP contribution in [-0.2, 0) is 9.53 Å². The number of nitrogens with zero attached hydrogens (tertiary/aromatic N) is 2. The molecule has 1 amide bonds. The van der Waals surface area contributed by atoms with E-state index in [0.717, 1.165) is 23.8 Å². The third-order valence-corrected chi connectivity index (χ3v) is 4.53. The van der Waals surface area contributed by atoms with Gasteiger partial charge in [-0.3, -0.25) is 4.79 Å². The Morgan fingerprint density at radius 3 is 2.55 bits per heavy atom. The van der Waals surface area contributed by atoms with Gasteiger partial charge in [0.15, 0.2) is 5.17 Å². The molecule has 0 aromatic heterocycles. The largest absolute Gasteiger partial charge is 0.508 e. The second kappa shape index (κ2) is 6.14. The third-order valence-electron chi connectivity index (χ3n) is 3.49. The van der Waals surface area contributed by atoms with Crippen LogP contribution in [0.5, 0.6) is 5.75 Å². The van der Waals surface area contributed by atoms with Gasteiger partial charge in [0, 0.05) is 13.1 Å². The Morgan fingerprint density at radius 2 is 1.91 bits per heavy atom. The average molecular weight is 318 g/mol. The molecule has 1 N–H and O–H groups in total. The van der Waals surface area contributed by atoms with Gasteiger partial charge in [0.25, 0.3) is 5.91 Å². The zero-order valence-corrected chi connectivity index (χ0v) is 13.3. The highest BCUT2D eigenvalue weighted by atomic mass is 32.2. The Bertz CT molecular complexity index is 629. The van der Waals surface area contributed by atoms with E-state index < -0.39 is 0 Å². The van der Waals surface area contributed by atoms with E-state index in [4.69, 9.17) is 4.74 Å². The lowest BCUT2D eigenvalue weighted by Gasteiger charge is -2.35. The van der Waals surface area contributed by atoms with Crippen molar-refractivity contribution in [1.29, 1.82) is 0 Å². The maximum atomic E-state index is 12.1. The number of rotatable bonds is 1. The molecule has 2 heterocycles. The number of amides is 1. The molecule has 0 aliphatic carbocycles. The van der Waals surface area contributed by atoms with Crippen LogP contribution in [0.1, 0.15) is 19.4 Å². The van der Waals surface area contributed by atoms with E-state index in [2.05, 4.69) is 9.89 Å². The van der Waals surface area contributed by atoms with Gasteiger partial charge >= 0.3 is 0 Å². The van der Waals surface area contributed by atoms with E-state index in [1.54, 1.807) is 30.3 Å². The van der Waals surface area contributed by atoms with Crippen LogP contribution in [-0.4, -0.2) is 46.4 Å². The summed E-state index contributed by atoms with van der Waals surface area (Å²) >= 11 is 1.40. The number of phenols is 1. The van der Waals surface area contributed by atoms with Gasteiger partial charge in [0.1, 0.15) is 5.75 Å². The molecule has 1 saturated heterocycles. The molecule has 1 aromatic carbocycles. The van der Waals surface area contributed by atoms with Crippen LogP contribution in [0.4, 0.5) is 0 Å². The van der Waals surface area contributed by atoms with Crippen LogP contribution < -0.4 is 0 Å². The van der Waals surface area contributed by atoms with Crippen LogP contribution >= 0.6 is 11.8 Å². The number of ether oxygens (including phenoxy) is 1. The molecular weight excluding hydrogens is 300 g/mol. The smallest absolute Gasteiger partial charge is 0.286 e. The van der Waals surface area contributed by atoms with E-state index >= 15 is 0 Å². The molecule has 0 spiro atoms. The molecule has 0 saturated carbocycles. The summed E-state index contributed by atoms with van der Waals surface area (Å²) < 4.78 is 5.71. The standard InChI is InChI=1S/C16H18N2O3S/c1-10-8-18(9-11(2)21-10)16-17-15(20)14(22-16)7-12-3-5-13(19)6-4-12/h3-7,10-11,19H,8-9H2,1-2H3/b14-7+/t10-,11-/m1/s1. The molecular formula is C16H18N2O3S. The van der Waals surface area contributed by atoms with E-state index in [1.807, 2.05) is 13.8 Å². The summed E-state index contributed by atoms with van der Waals surface area (Å²) in [7, 11) is 0. The van der Waals surface area contributed by atoms with Crippen LogP contribution in [0.25, 0.3) is 6.08 Å². The van der Waals surface area contributed by atoms with Crippen LogP contribution in [0, 0.1) is 0 Å². The lowest BCUT2D eigenvalue weighted by atomic mass is 10.2. The minimum atomic E-state index is -0.208. The number of phenolic OH excluding ortho intramolecular Hbond substituents is 1. The van der Waals surface area contributed by atoms with Crippen LogP contribution in [0.2, 0.25) is 0 Å². The second-order valence-electron chi connectivity index (χ2n) is 5.56. The second-order valence-corrected chi connectivity index (χ2v) is 6.57. The summed E-state index contributed by atoms with van der Waals surface area (Å²) in [6.45, 7) is 5.54. The van der Waals surface area contributed by atoms with Crippen molar-refractivity contribution in [1.82, 2.24) is 4.90 Å². The highest BCUT2D eigenvalue weighted by molar-refractivity contribution is 8.18. The fourth-order valence-corrected chi connectivity index (χ4v) is 3.52. The summed E-state index contributed by atoms with van der Waals surface area (Å²) in [6, 6.07) is 6.74. The molecule has 116 valence electrons. The Hall–Kier alpha value is -1.79.